The Kier molecular flexibility index (Phi) is 13.5. The highest BCUT2D eigenvalue weighted by molar-refractivity contribution is 6.30. The van der Waals surface area contributed by atoms with Crippen LogP contribution in [0.5, 0.6) is 0 Å². The van der Waals surface area contributed by atoms with E-state index in [2.05, 4.69) is 13.5 Å². The van der Waals surface area contributed by atoms with E-state index in [1.54, 1.807) is 0 Å². The van der Waals surface area contributed by atoms with Crippen molar-refractivity contribution in [1.29, 1.82) is 0 Å². The molecule has 5 heteroatoms. The third-order valence-electron chi connectivity index (χ3n) is 5.77. The minimum Gasteiger partial charge on any atom is -0.390 e. The predicted molar refractivity (Wildman–Crippen MR) is 146 cm³/mol. The monoisotopic (exact) mass is 505 g/mol. The molecule has 1 heterocycles. The Labute approximate surface area is 216 Å². The molecule has 1 saturated heterocycles. The zero-order valence-electron chi connectivity index (χ0n) is 21.3. The van der Waals surface area contributed by atoms with Crippen LogP contribution in [0.15, 0.2) is 67.3 Å². The van der Waals surface area contributed by atoms with Crippen LogP contribution in [0.1, 0.15) is 78.3 Å². The van der Waals surface area contributed by atoms with Crippen LogP contribution >= 0.6 is 23.2 Å². The lowest BCUT2D eigenvalue weighted by atomic mass is 9.83. The Morgan fingerprint density at radius 2 is 1.62 bits per heavy atom. The fraction of sp³-hybridized carbons (Fsp3) is 0.483. The number of carbonyl (C=O) groups excluding carboxylic acids is 1. The van der Waals surface area contributed by atoms with Gasteiger partial charge < -0.3 is 10.0 Å². The summed E-state index contributed by atoms with van der Waals surface area (Å²) in [6.45, 7) is 13.5. The van der Waals surface area contributed by atoms with Gasteiger partial charge in [0.05, 0.1) is 11.6 Å². The number of likely N-dealkylation sites (tertiary alicyclic amines) is 1. The molecule has 1 N–H and O–H groups in total. The van der Waals surface area contributed by atoms with Crippen LogP contribution in [-0.4, -0.2) is 27.6 Å². The van der Waals surface area contributed by atoms with E-state index in [0.717, 1.165) is 29.8 Å². The highest BCUT2D eigenvalue weighted by Gasteiger charge is 2.40. The van der Waals surface area contributed by atoms with Crippen molar-refractivity contribution in [2.75, 3.05) is 0 Å². The summed E-state index contributed by atoms with van der Waals surface area (Å²) < 4.78 is 0. The molecule has 188 valence electrons. The van der Waals surface area contributed by atoms with Gasteiger partial charge in [-0.05, 0) is 75.8 Å². The van der Waals surface area contributed by atoms with Crippen LogP contribution in [0, 0.1) is 5.92 Å². The van der Waals surface area contributed by atoms with Crippen molar-refractivity contribution in [3.8, 4) is 0 Å². The van der Waals surface area contributed by atoms with E-state index < -0.39 is 5.60 Å². The zero-order valence-corrected chi connectivity index (χ0v) is 22.8. The van der Waals surface area contributed by atoms with Crippen LogP contribution in [0.2, 0.25) is 10.0 Å². The fourth-order valence-electron chi connectivity index (χ4n) is 4.28. The number of rotatable bonds is 7. The smallest absolute Gasteiger partial charge is 0.226 e. The molecular formula is C29H41Cl2NO2. The summed E-state index contributed by atoms with van der Waals surface area (Å²) in [5, 5.41) is 11.8. The maximum Gasteiger partial charge on any atom is 0.226 e. The summed E-state index contributed by atoms with van der Waals surface area (Å²) in [6, 6.07) is 17.3. The number of nitrogens with zero attached hydrogens (tertiary/aromatic N) is 1. The highest BCUT2D eigenvalue weighted by atomic mass is 35.5. The maximum atomic E-state index is 13.2. The molecule has 1 fully saturated rings. The Morgan fingerprint density at radius 3 is 2.06 bits per heavy atom. The first-order chi connectivity index (χ1) is 16.2. The molecule has 0 spiro atoms. The van der Waals surface area contributed by atoms with Gasteiger partial charge in [-0.2, -0.15) is 0 Å². The Hall–Kier alpha value is -1.81. The summed E-state index contributed by atoms with van der Waals surface area (Å²) >= 11 is 11.6. The van der Waals surface area contributed by atoms with Crippen LogP contribution in [-0.2, 0) is 4.79 Å². The number of aliphatic hydroxyl groups is 1. The summed E-state index contributed by atoms with van der Waals surface area (Å²) in [5.74, 6) is 0.180. The van der Waals surface area contributed by atoms with Crippen LogP contribution < -0.4 is 0 Å². The van der Waals surface area contributed by atoms with Gasteiger partial charge in [-0.3, -0.25) is 4.79 Å². The van der Waals surface area contributed by atoms with Crippen molar-refractivity contribution in [3.05, 3.63) is 82.9 Å². The Balaban J connectivity index is 0.000000540. The van der Waals surface area contributed by atoms with E-state index in [4.69, 9.17) is 23.2 Å². The molecule has 2 aromatic rings. The van der Waals surface area contributed by atoms with Crippen molar-refractivity contribution in [2.24, 2.45) is 5.92 Å². The largest absolute Gasteiger partial charge is 0.390 e. The standard InChI is InChI=1S/C21H30ClNO2.C6H5Cl.C2H6/c1-5-7-16-10-13-19(15-8-11-17(22)12-9-15)23(20(16)24)18(6-2)14-21(3,4)25;7-6-4-2-1-3-5-6;1-2/h5,8-9,11-12,16,18-19,25H,1,6-7,10,13-14H2,2-4H3;1-5H;1-2H3/t16-,18-,19-;;/m0../s1. The van der Waals surface area contributed by atoms with E-state index in [1.165, 1.54) is 0 Å². The van der Waals surface area contributed by atoms with E-state index in [-0.39, 0.29) is 23.9 Å². The average Bonchev–Trinajstić information content (AvgIpc) is 2.81. The number of hydrogen-bond donors (Lipinski definition) is 1. The second-order valence-corrected chi connectivity index (χ2v) is 9.86. The molecule has 2 aromatic carbocycles. The molecule has 0 unspecified atom stereocenters. The third kappa shape index (κ3) is 9.82. The number of allylic oxidation sites excluding steroid dienone is 1. The van der Waals surface area contributed by atoms with Crippen molar-refractivity contribution in [2.45, 2.75) is 84.4 Å². The molecule has 3 atom stereocenters. The number of hydrogen-bond acceptors (Lipinski definition) is 2. The van der Waals surface area contributed by atoms with Crippen LogP contribution in [0.3, 0.4) is 0 Å². The van der Waals surface area contributed by atoms with Crippen molar-refractivity contribution in [3.63, 3.8) is 0 Å². The molecule has 34 heavy (non-hydrogen) atoms. The van der Waals surface area contributed by atoms with Crippen LogP contribution in [0.25, 0.3) is 0 Å². The van der Waals surface area contributed by atoms with Gasteiger partial charge in [0, 0.05) is 22.0 Å². The first kappa shape index (κ1) is 30.2. The molecule has 1 aliphatic rings. The molecule has 0 aromatic heterocycles. The topological polar surface area (TPSA) is 40.5 Å². The summed E-state index contributed by atoms with van der Waals surface area (Å²) in [5.41, 5.74) is 0.306. The molecule has 0 bridgehead atoms. The van der Waals surface area contributed by atoms with Crippen molar-refractivity contribution < 1.29 is 9.90 Å². The molecule has 3 rings (SSSR count). The minimum absolute atomic E-state index is 0.00287. The number of carbonyl (C=O) groups is 1. The predicted octanol–water partition coefficient (Wildman–Crippen LogP) is 8.50. The van der Waals surface area contributed by atoms with Crippen LogP contribution in [0.4, 0.5) is 0 Å². The second-order valence-electron chi connectivity index (χ2n) is 8.99. The first-order valence-electron chi connectivity index (χ1n) is 12.3. The minimum atomic E-state index is -0.809. The van der Waals surface area contributed by atoms with E-state index in [0.29, 0.717) is 17.9 Å². The number of piperidine rings is 1. The zero-order chi connectivity index (χ0) is 25.7. The molecule has 1 amide bonds. The van der Waals surface area contributed by atoms with Crippen molar-refractivity contribution in [1.82, 2.24) is 4.90 Å². The van der Waals surface area contributed by atoms with E-state index in [1.807, 2.05) is 93.3 Å². The molecule has 1 aliphatic heterocycles. The lowest BCUT2D eigenvalue weighted by Crippen LogP contribution is -2.50. The molecule has 0 radical (unpaired) electrons. The second kappa shape index (κ2) is 15.2. The summed E-state index contributed by atoms with van der Waals surface area (Å²) in [4.78, 5) is 15.2. The fourth-order valence-corrected chi connectivity index (χ4v) is 4.55. The maximum absolute atomic E-state index is 13.2. The number of halogens is 2. The summed E-state index contributed by atoms with van der Waals surface area (Å²) in [6.07, 6.45) is 5.73. The SMILES string of the molecule is C=CC[C@H]1CC[C@@H](c2ccc(Cl)cc2)N([C@@H](CC)CC(C)(C)O)C1=O.CC.Clc1ccccc1. The average molecular weight is 507 g/mol. The van der Waals surface area contributed by atoms with Gasteiger partial charge >= 0.3 is 0 Å². The first-order valence-corrected chi connectivity index (χ1v) is 13.0. The Bertz CT molecular complexity index is 847. The van der Waals surface area contributed by atoms with E-state index >= 15 is 0 Å². The molecule has 0 saturated carbocycles. The van der Waals surface area contributed by atoms with Gasteiger partial charge in [0.2, 0.25) is 5.91 Å². The lowest BCUT2D eigenvalue weighted by molar-refractivity contribution is -0.147. The van der Waals surface area contributed by atoms with Gasteiger partial charge in [-0.1, -0.05) is 80.4 Å². The summed E-state index contributed by atoms with van der Waals surface area (Å²) in [7, 11) is 0. The van der Waals surface area contributed by atoms with Gasteiger partial charge in [0.25, 0.3) is 0 Å². The van der Waals surface area contributed by atoms with E-state index in [9.17, 15) is 9.90 Å². The van der Waals surface area contributed by atoms with Crippen molar-refractivity contribution >= 4 is 29.1 Å². The van der Waals surface area contributed by atoms with Gasteiger partial charge in [-0.25, -0.2) is 0 Å². The van der Waals surface area contributed by atoms with Gasteiger partial charge in [0.1, 0.15) is 0 Å². The van der Waals surface area contributed by atoms with Gasteiger partial charge in [-0.15, -0.1) is 6.58 Å². The number of benzene rings is 2. The molecular weight excluding hydrogens is 465 g/mol. The Morgan fingerprint density at radius 1 is 1.06 bits per heavy atom. The normalized spacial score (nSPS) is 18.7. The quantitative estimate of drug-likeness (QED) is 0.383. The third-order valence-corrected chi connectivity index (χ3v) is 6.27. The molecule has 3 nitrogen and oxygen atoms in total. The van der Waals surface area contributed by atoms with Gasteiger partial charge in [0.15, 0.2) is 0 Å². The lowest BCUT2D eigenvalue weighted by Gasteiger charge is -2.45. The highest BCUT2D eigenvalue weighted by Crippen LogP contribution is 2.39. The molecule has 0 aliphatic carbocycles. The number of amides is 1.